The van der Waals surface area contributed by atoms with Crippen LogP contribution in [-0.4, -0.2) is 52.5 Å². The molecule has 1 heterocycles. The minimum absolute atomic E-state index is 0.0143. The lowest BCUT2D eigenvalue weighted by atomic mass is 9.64. The highest BCUT2D eigenvalue weighted by Crippen LogP contribution is 2.44. The van der Waals surface area contributed by atoms with Gasteiger partial charge in [-0.1, -0.05) is 24.3 Å². The van der Waals surface area contributed by atoms with Gasteiger partial charge < -0.3 is 10.0 Å². The number of nitro groups is 2. The first-order valence-electron chi connectivity index (χ1n) is 7.25. The van der Waals surface area contributed by atoms with E-state index in [1.807, 2.05) is 0 Å². The maximum atomic E-state index is 12.8. The van der Waals surface area contributed by atoms with E-state index in [1.165, 1.54) is 12.1 Å². The highest BCUT2D eigenvalue weighted by Gasteiger charge is 2.73. The van der Waals surface area contributed by atoms with Gasteiger partial charge in [0.2, 0.25) is 5.78 Å². The number of piperidine rings is 1. The van der Waals surface area contributed by atoms with Crippen molar-refractivity contribution in [2.75, 3.05) is 26.2 Å². The molecule has 3 atom stereocenters. The number of hydrogen-bond acceptors (Lipinski definition) is 6. The molecule has 1 aromatic rings. The van der Waals surface area contributed by atoms with E-state index in [-0.39, 0.29) is 37.4 Å². The van der Waals surface area contributed by atoms with Gasteiger partial charge in [0.05, 0.1) is 6.61 Å². The molecule has 1 unspecified atom stereocenters. The Labute approximate surface area is 130 Å². The maximum absolute atomic E-state index is 12.8. The summed E-state index contributed by atoms with van der Waals surface area (Å²) in [5.74, 6) is -0.675. The number of fused-ring (bicyclic) bond motifs is 4. The molecule has 9 heteroatoms. The second-order valence-electron chi connectivity index (χ2n) is 6.21. The largest absolute Gasteiger partial charge is 0.391 e. The van der Waals surface area contributed by atoms with Gasteiger partial charge in [-0.05, 0) is 0 Å². The molecule has 0 spiro atoms. The highest BCUT2D eigenvalue weighted by atomic mass is 16.6. The number of rotatable bonds is 4. The Balaban J connectivity index is 2.27. The summed E-state index contributed by atoms with van der Waals surface area (Å²) >= 11 is 0. The molecule has 1 aliphatic heterocycles. The summed E-state index contributed by atoms with van der Waals surface area (Å²) in [6.07, 6.45) is -0.440. The van der Waals surface area contributed by atoms with Crippen LogP contribution in [0.4, 0.5) is 0 Å². The number of nitrogens with one attached hydrogen (secondary N) is 1. The molecule has 0 saturated carbocycles. The third-order valence-corrected chi connectivity index (χ3v) is 4.93. The lowest BCUT2D eigenvalue weighted by Crippen LogP contribution is -3.18. The summed E-state index contributed by atoms with van der Waals surface area (Å²) in [5.41, 5.74) is -3.39. The fourth-order valence-electron chi connectivity index (χ4n) is 3.96. The van der Waals surface area contributed by atoms with Crippen LogP contribution in [0.15, 0.2) is 24.3 Å². The molecule has 1 saturated heterocycles. The van der Waals surface area contributed by atoms with Crippen molar-refractivity contribution in [1.82, 2.24) is 0 Å². The van der Waals surface area contributed by atoms with E-state index in [0.717, 1.165) is 0 Å². The number of carbonyl (C=O) groups is 1. The van der Waals surface area contributed by atoms with Gasteiger partial charge in [0, 0.05) is 21.0 Å². The quantitative estimate of drug-likeness (QED) is 0.521. The average molecular weight is 322 g/mol. The van der Waals surface area contributed by atoms with Crippen molar-refractivity contribution >= 4 is 5.78 Å². The van der Waals surface area contributed by atoms with Crippen molar-refractivity contribution < 1.29 is 24.6 Å². The van der Waals surface area contributed by atoms with E-state index in [2.05, 4.69) is 0 Å². The Kier molecular flexibility index (Phi) is 3.42. The third-order valence-electron chi connectivity index (χ3n) is 4.93. The first kappa shape index (κ1) is 15.5. The molecule has 2 aliphatic rings. The molecule has 122 valence electrons. The standard InChI is InChI=1S/C14H15N3O6/c18-6-5-15-8-13(16(20)21)7-14(9-15,17(22)23)12(19)10-3-1-2-4-11(10)13/h1-4,18H,5-9H2/p+1/t13-,14+/m1/s1. The first-order valence-corrected chi connectivity index (χ1v) is 7.25. The fraction of sp³-hybridized carbons (Fsp3) is 0.500. The summed E-state index contributed by atoms with van der Waals surface area (Å²) in [6.45, 7) is -0.267. The smallest absolute Gasteiger partial charge is 0.338 e. The third kappa shape index (κ3) is 1.97. The van der Waals surface area contributed by atoms with E-state index >= 15 is 0 Å². The topological polar surface area (TPSA) is 128 Å². The van der Waals surface area contributed by atoms with Gasteiger partial charge in [-0.3, -0.25) is 25.0 Å². The van der Waals surface area contributed by atoms with Crippen molar-refractivity contribution in [1.29, 1.82) is 0 Å². The number of aliphatic hydroxyl groups excluding tert-OH is 1. The number of nitrogens with zero attached hydrogens (tertiary/aromatic N) is 2. The zero-order chi connectivity index (χ0) is 16.8. The Morgan fingerprint density at radius 3 is 2.35 bits per heavy atom. The van der Waals surface area contributed by atoms with Crippen molar-refractivity contribution in [2.24, 2.45) is 0 Å². The van der Waals surface area contributed by atoms with E-state index in [9.17, 15) is 25.0 Å². The molecule has 23 heavy (non-hydrogen) atoms. The van der Waals surface area contributed by atoms with Crippen molar-refractivity contribution in [3.63, 3.8) is 0 Å². The summed E-state index contributed by atoms with van der Waals surface area (Å²) in [7, 11) is 0. The number of carbonyl (C=O) groups excluding carboxylic acids is 1. The van der Waals surface area contributed by atoms with E-state index in [0.29, 0.717) is 4.90 Å². The number of aliphatic hydroxyl groups is 1. The van der Waals surface area contributed by atoms with Gasteiger partial charge >= 0.3 is 11.1 Å². The van der Waals surface area contributed by atoms with Crippen LogP contribution in [0.5, 0.6) is 0 Å². The monoisotopic (exact) mass is 322 g/mol. The van der Waals surface area contributed by atoms with Gasteiger partial charge in [0.1, 0.15) is 13.0 Å². The summed E-state index contributed by atoms with van der Waals surface area (Å²) in [4.78, 5) is 35.6. The van der Waals surface area contributed by atoms with Gasteiger partial charge in [-0.15, -0.1) is 0 Å². The van der Waals surface area contributed by atoms with Crippen LogP contribution < -0.4 is 4.90 Å². The Morgan fingerprint density at radius 1 is 1.13 bits per heavy atom. The van der Waals surface area contributed by atoms with E-state index in [1.54, 1.807) is 12.1 Å². The van der Waals surface area contributed by atoms with Crippen LogP contribution in [0, 0.1) is 20.2 Å². The molecule has 1 aliphatic carbocycles. The number of quaternary nitrogens is 1. The molecule has 0 radical (unpaired) electrons. The summed E-state index contributed by atoms with van der Waals surface area (Å²) < 4.78 is 0. The molecule has 0 amide bonds. The minimum Gasteiger partial charge on any atom is -0.391 e. The fourth-order valence-corrected chi connectivity index (χ4v) is 3.96. The molecule has 2 bridgehead atoms. The van der Waals surface area contributed by atoms with Crippen LogP contribution in [0.3, 0.4) is 0 Å². The predicted octanol–water partition coefficient (Wildman–Crippen LogP) is -1.35. The summed E-state index contributed by atoms with van der Waals surface area (Å²) in [5, 5.41) is 32.7. The van der Waals surface area contributed by atoms with Crippen molar-refractivity contribution in [2.45, 2.75) is 17.5 Å². The zero-order valence-electron chi connectivity index (χ0n) is 12.2. The molecule has 2 N–H and O–H groups in total. The molecule has 9 nitrogen and oxygen atoms in total. The normalized spacial score (nSPS) is 32.2. The highest BCUT2D eigenvalue weighted by molar-refractivity contribution is 6.05. The number of benzene rings is 1. The zero-order valence-corrected chi connectivity index (χ0v) is 12.2. The van der Waals surface area contributed by atoms with Crippen molar-refractivity contribution in [3.05, 3.63) is 55.6 Å². The predicted molar refractivity (Wildman–Crippen MR) is 76.4 cm³/mol. The van der Waals surface area contributed by atoms with Crippen LogP contribution in [-0.2, 0) is 5.54 Å². The second kappa shape index (κ2) is 5.07. The van der Waals surface area contributed by atoms with Gasteiger partial charge in [0.25, 0.3) is 0 Å². The van der Waals surface area contributed by atoms with Crippen LogP contribution in [0.2, 0.25) is 0 Å². The SMILES string of the molecule is O=C1c2ccccc2[C@]2([N+](=O)[O-])C[NH+](CCO)C[C@@]1([N+](=O)[O-])C2. The molecule has 1 aromatic carbocycles. The lowest BCUT2D eigenvalue weighted by Gasteiger charge is -2.43. The van der Waals surface area contributed by atoms with Crippen LogP contribution in [0.1, 0.15) is 22.3 Å². The maximum Gasteiger partial charge on any atom is 0.338 e. The van der Waals surface area contributed by atoms with Gasteiger partial charge in [0.15, 0.2) is 13.1 Å². The number of likely N-dealkylation sites (tertiary alicyclic amines) is 1. The Hall–Kier alpha value is -2.39. The molecule has 0 aromatic heterocycles. The Morgan fingerprint density at radius 2 is 1.74 bits per heavy atom. The number of ketones is 1. The van der Waals surface area contributed by atoms with Gasteiger partial charge in [-0.2, -0.15) is 0 Å². The number of Topliss-reactive ketones (excluding diaryl/α,β-unsaturated/α-hetero) is 1. The Bertz CT molecular complexity index is 708. The molecule has 1 fully saturated rings. The molecular weight excluding hydrogens is 306 g/mol. The van der Waals surface area contributed by atoms with Gasteiger partial charge in [-0.25, -0.2) is 0 Å². The van der Waals surface area contributed by atoms with E-state index < -0.39 is 33.1 Å². The van der Waals surface area contributed by atoms with E-state index in [4.69, 9.17) is 5.11 Å². The molecule has 3 rings (SSSR count). The van der Waals surface area contributed by atoms with Crippen LogP contribution in [0.25, 0.3) is 0 Å². The summed E-state index contributed by atoms with van der Waals surface area (Å²) in [6, 6.07) is 6.07. The second-order valence-corrected chi connectivity index (χ2v) is 6.21. The average Bonchev–Trinajstić information content (AvgIpc) is 2.52. The number of hydrogen-bond donors (Lipinski definition) is 2. The first-order chi connectivity index (χ1) is 10.9. The minimum atomic E-state index is -2.01. The van der Waals surface area contributed by atoms with Crippen molar-refractivity contribution in [3.8, 4) is 0 Å². The molecular formula is C14H16N3O6+. The van der Waals surface area contributed by atoms with Crippen LogP contribution >= 0.6 is 0 Å². The lowest BCUT2D eigenvalue weighted by molar-refractivity contribution is -0.944.